The Kier molecular flexibility index (Phi) is 5.28. The Bertz CT molecular complexity index is 389. The summed E-state index contributed by atoms with van der Waals surface area (Å²) in [7, 11) is 3.26. The zero-order valence-electron chi connectivity index (χ0n) is 10.7. The maximum absolute atomic E-state index is 9.52. The highest BCUT2D eigenvalue weighted by molar-refractivity contribution is 9.10. The number of aliphatic hydroxyl groups excluding tert-OH is 1. The fourth-order valence-electron chi connectivity index (χ4n) is 1.99. The Balaban J connectivity index is 3.36. The van der Waals surface area contributed by atoms with Crippen molar-refractivity contribution in [2.75, 3.05) is 14.2 Å². The maximum atomic E-state index is 9.52. The number of aliphatic hydroxyl groups is 1. The lowest BCUT2D eigenvalue weighted by Gasteiger charge is -2.18. The van der Waals surface area contributed by atoms with Crippen LogP contribution >= 0.6 is 15.9 Å². The average molecular weight is 303 g/mol. The standard InChI is InChI=1S/C13H19BrO3/c1-5-10-9(6-8(2)15)7-11(14)13(17-4)12(10)16-3/h7-8,15H,5-6H2,1-4H3. The van der Waals surface area contributed by atoms with Gasteiger partial charge in [-0.05, 0) is 47.3 Å². The van der Waals surface area contributed by atoms with E-state index in [1.807, 2.05) is 6.07 Å². The van der Waals surface area contributed by atoms with Gasteiger partial charge in [-0.1, -0.05) is 6.92 Å². The second-order valence-corrected chi connectivity index (χ2v) is 4.82. The lowest BCUT2D eigenvalue weighted by Crippen LogP contribution is -2.08. The molecule has 3 nitrogen and oxygen atoms in total. The van der Waals surface area contributed by atoms with E-state index < -0.39 is 0 Å². The van der Waals surface area contributed by atoms with Crippen LogP contribution < -0.4 is 9.47 Å². The van der Waals surface area contributed by atoms with Crippen LogP contribution in [0.15, 0.2) is 10.5 Å². The molecule has 96 valence electrons. The second-order valence-electron chi connectivity index (χ2n) is 3.97. The number of hydrogen-bond donors (Lipinski definition) is 1. The highest BCUT2D eigenvalue weighted by Gasteiger charge is 2.18. The predicted octanol–water partition coefficient (Wildman–Crippen LogP) is 2.95. The minimum atomic E-state index is -0.370. The van der Waals surface area contributed by atoms with Gasteiger partial charge in [0, 0.05) is 5.56 Å². The van der Waals surface area contributed by atoms with E-state index >= 15 is 0 Å². The van der Waals surface area contributed by atoms with Gasteiger partial charge in [-0.3, -0.25) is 0 Å². The molecule has 1 unspecified atom stereocenters. The molecule has 0 aliphatic heterocycles. The van der Waals surface area contributed by atoms with Crippen molar-refractivity contribution in [1.82, 2.24) is 0 Å². The molecule has 0 spiro atoms. The van der Waals surface area contributed by atoms with Crippen LogP contribution in [-0.2, 0) is 12.8 Å². The molecule has 1 rings (SSSR count). The van der Waals surface area contributed by atoms with E-state index in [0.29, 0.717) is 12.2 Å². The van der Waals surface area contributed by atoms with Crippen LogP contribution in [-0.4, -0.2) is 25.4 Å². The van der Waals surface area contributed by atoms with Gasteiger partial charge in [0.25, 0.3) is 0 Å². The van der Waals surface area contributed by atoms with E-state index in [1.165, 1.54) is 0 Å². The van der Waals surface area contributed by atoms with Crippen LogP contribution in [0.2, 0.25) is 0 Å². The Labute approximate surface area is 111 Å². The van der Waals surface area contributed by atoms with Crippen LogP contribution in [0.1, 0.15) is 25.0 Å². The van der Waals surface area contributed by atoms with Gasteiger partial charge in [0.15, 0.2) is 11.5 Å². The number of halogens is 1. The minimum absolute atomic E-state index is 0.370. The fraction of sp³-hybridized carbons (Fsp3) is 0.538. The molecule has 1 atom stereocenters. The van der Waals surface area contributed by atoms with E-state index in [2.05, 4.69) is 22.9 Å². The first-order valence-corrected chi connectivity index (χ1v) is 6.44. The van der Waals surface area contributed by atoms with E-state index in [1.54, 1.807) is 21.1 Å². The van der Waals surface area contributed by atoms with Crippen LogP contribution in [0.4, 0.5) is 0 Å². The van der Waals surface area contributed by atoms with E-state index in [9.17, 15) is 5.11 Å². The molecular formula is C13H19BrO3. The molecule has 0 bridgehead atoms. The van der Waals surface area contributed by atoms with Crippen molar-refractivity contribution in [3.05, 3.63) is 21.7 Å². The molecule has 0 aliphatic rings. The Morgan fingerprint density at radius 2 is 1.88 bits per heavy atom. The number of methoxy groups -OCH3 is 2. The molecule has 0 aromatic heterocycles. The average Bonchev–Trinajstić information content (AvgIpc) is 2.27. The summed E-state index contributed by atoms with van der Waals surface area (Å²) in [6.45, 7) is 3.85. The highest BCUT2D eigenvalue weighted by atomic mass is 79.9. The molecule has 0 radical (unpaired) electrons. The summed E-state index contributed by atoms with van der Waals surface area (Å²) in [5, 5.41) is 9.52. The summed E-state index contributed by atoms with van der Waals surface area (Å²) < 4.78 is 11.6. The molecule has 4 heteroatoms. The van der Waals surface area contributed by atoms with Gasteiger partial charge in [-0.2, -0.15) is 0 Å². The van der Waals surface area contributed by atoms with Gasteiger partial charge < -0.3 is 14.6 Å². The SMILES string of the molecule is CCc1c(CC(C)O)cc(Br)c(OC)c1OC. The molecule has 1 aromatic rings. The van der Waals surface area contributed by atoms with E-state index in [-0.39, 0.29) is 6.10 Å². The summed E-state index contributed by atoms with van der Waals surface area (Å²) in [5.41, 5.74) is 2.18. The van der Waals surface area contributed by atoms with Crippen molar-refractivity contribution in [1.29, 1.82) is 0 Å². The van der Waals surface area contributed by atoms with E-state index in [4.69, 9.17) is 9.47 Å². The van der Waals surface area contributed by atoms with Crippen LogP contribution in [0.3, 0.4) is 0 Å². The Morgan fingerprint density at radius 1 is 1.29 bits per heavy atom. The van der Waals surface area contributed by atoms with Crippen molar-refractivity contribution < 1.29 is 14.6 Å². The summed E-state index contributed by atoms with van der Waals surface area (Å²) in [5.74, 6) is 1.46. The molecular weight excluding hydrogens is 284 g/mol. The topological polar surface area (TPSA) is 38.7 Å². The molecule has 0 fully saturated rings. The first kappa shape index (κ1) is 14.3. The van der Waals surface area contributed by atoms with Gasteiger partial charge in [0.05, 0.1) is 24.8 Å². The maximum Gasteiger partial charge on any atom is 0.175 e. The smallest absolute Gasteiger partial charge is 0.175 e. The van der Waals surface area contributed by atoms with Crippen molar-refractivity contribution in [3.8, 4) is 11.5 Å². The number of ether oxygens (including phenoxy) is 2. The normalized spacial score (nSPS) is 12.4. The molecule has 0 amide bonds. The van der Waals surface area contributed by atoms with Crippen molar-refractivity contribution in [2.45, 2.75) is 32.8 Å². The summed E-state index contributed by atoms with van der Waals surface area (Å²) in [4.78, 5) is 0. The van der Waals surface area contributed by atoms with Gasteiger partial charge in [-0.15, -0.1) is 0 Å². The third-order valence-corrected chi connectivity index (χ3v) is 3.25. The number of rotatable bonds is 5. The third kappa shape index (κ3) is 3.13. The largest absolute Gasteiger partial charge is 0.493 e. The first-order chi connectivity index (χ1) is 8.04. The minimum Gasteiger partial charge on any atom is -0.493 e. The Morgan fingerprint density at radius 3 is 2.29 bits per heavy atom. The van der Waals surface area contributed by atoms with Crippen molar-refractivity contribution in [2.24, 2.45) is 0 Å². The second kappa shape index (κ2) is 6.26. The summed E-state index contributed by atoms with van der Waals surface area (Å²) in [6, 6.07) is 1.99. The summed E-state index contributed by atoms with van der Waals surface area (Å²) >= 11 is 3.47. The fourth-order valence-corrected chi connectivity index (χ4v) is 2.61. The molecule has 1 aromatic carbocycles. The molecule has 0 saturated carbocycles. The van der Waals surface area contributed by atoms with Crippen molar-refractivity contribution >= 4 is 15.9 Å². The lowest BCUT2D eigenvalue weighted by atomic mass is 9.98. The van der Waals surface area contributed by atoms with Gasteiger partial charge in [0.2, 0.25) is 0 Å². The van der Waals surface area contributed by atoms with E-state index in [0.717, 1.165) is 27.8 Å². The van der Waals surface area contributed by atoms with Crippen LogP contribution in [0.5, 0.6) is 11.5 Å². The van der Waals surface area contributed by atoms with Crippen molar-refractivity contribution in [3.63, 3.8) is 0 Å². The molecule has 17 heavy (non-hydrogen) atoms. The quantitative estimate of drug-likeness (QED) is 0.909. The predicted molar refractivity (Wildman–Crippen MR) is 72.0 cm³/mol. The molecule has 0 saturated heterocycles. The molecule has 0 aliphatic carbocycles. The summed E-state index contributed by atoms with van der Waals surface area (Å²) in [6.07, 6.45) is 1.09. The lowest BCUT2D eigenvalue weighted by molar-refractivity contribution is 0.195. The number of benzene rings is 1. The molecule has 0 heterocycles. The van der Waals surface area contributed by atoms with Gasteiger partial charge >= 0.3 is 0 Å². The zero-order valence-corrected chi connectivity index (χ0v) is 12.3. The van der Waals surface area contributed by atoms with Crippen LogP contribution in [0.25, 0.3) is 0 Å². The molecule has 1 N–H and O–H groups in total. The zero-order chi connectivity index (χ0) is 13.0. The van der Waals surface area contributed by atoms with Gasteiger partial charge in [-0.25, -0.2) is 0 Å². The van der Waals surface area contributed by atoms with Gasteiger partial charge in [0.1, 0.15) is 0 Å². The third-order valence-electron chi connectivity index (χ3n) is 2.66. The Hall–Kier alpha value is -0.740. The number of hydrogen-bond acceptors (Lipinski definition) is 3. The monoisotopic (exact) mass is 302 g/mol. The van der Waals surface area contributed by atoms with Crippen LogP contribution in [0, 0.1) is 0 Å². The highest BCUT2D eigenvalue weighted by Crippen LogP contribution is 2.40. The first-order valence-electron chi connectivity index (χ1n) is 5.65.